The van der Waals surface area contributed by atoms with E-state index in [0.29, 0.717) is 10.3 Å². The molecular weight excluding hydrogens is 1750 g/mol. The van der Waals surface area contributed by atoms with Gasteiger partial charge in [-0.1, -0.05) is 427 Å². The van der Waals surface area contributed by atoms with Crippen molar-refractivity contribution in [1.29, 1.82) is 0 Å². The molecule has 1 aliphatic rings. The zero-order valence-electron chi connectivity index (χ0n) is 67.5. The standard InChI is InChI=1S/4C18H15P.C14H9ClN2.C11H15BClNO2.C9H6BrN.Pd/c4*1-4-10-16(11-5-1)19(17-12-6-2-7-13-17)18-14-8-3-9-15-18;15-14-12(4-2-8-17-14)10-5-6-13-11(9-10)3-1-7-16-13;1-10(2)11(3,4)16-12(15-10)8-6-5-7-14-9(8)13;10-8-3-4-9-7(6-8)2-1-5-11-9;/h4*1-15H;1-9H;5-7H,1-4H3;1-6H;. The molecule has 121 heavy (non-hydrogen) atoms. The van der Waals surface area contributed by atoms with E-state index in [4.69, 9.17) is 32.5 Å². The van der Waals surface area contributed by atoms with Gasteiger partial charge in [0.15, 0.2) is 0 Å². The normalized spacial score (nSPS) is 12.0. The van der Waals surface area contributed by atoms with Crippen molar-refractivity contribution in [2.45, 2.75) is 38.9 Å². The second-order valence-electron chi connectivity index (χ2n) is 28.4. The van der Waals surface area contributed by atoms with E-state index >= 15 is 0 Å². The fourth-order valence-corrected chi connectivity index (χ4v) is 23.2. The molecule has 6 nitrogen and oxygen atoms in total. The van der Waals surface area contributed by atoms with Crippen molar-refractivity contribution in [3.05, 3.63) is 488 Å². The molecule has 0 radical (unpaired) electrons. The van der Waals surface area contributed by atoms with Crippen LogP contribution in [0.4, 0.5) is 0 Å². The molecule has 1 aliphatic heterocycles. The third-order valence-corrected chi connectivity index (χ3v) is 30.6. The van der Waals surface area contributed by atoms with E-state index in [0.717, 1.165) is 37.5 Å². The zero-order valence-corrected chi connectivity index (χ0v) is 75.7. The first-order valence-electron chi connectivity index (χ1n) is 39.6. The van der Waals surface area contributed by atoms with Gasteiger partial charge in [0.2, 0.25) is 0 Å². The predicted octanol–water partition coefficient (Wildman–Crippen LogP) is 22.8. The summed E-state index contributed by atoms with van der Waals surface area (Å²) in [5, 5.41) is 20.0. The molecule has 0 aliphatic carbocycles. The molecule has 15 heteroatoms. The summed E-state index contributed by atoms with van der Waals surface area (Å²) in [4.78, 5) is 16.6. The summed E-state index contributed by atoms with van der Waals surface area (Å²) in [6, 6.07) is 157. The van der Waals surface area contributed by atoms with E-state index in [9.17, 15) is 0 Å². The molecule has 0 N–H and O–H groups in total. The van der Waals surface area contributed by atoms with E-state index in [1.165, 1.54) is 69.0 Å². The molecule has 5 heterocycles. The fraction of sp³-hybridized carbons (Fsp3) is 0.0566. The van der Waals surface area contributed by atoms with Crippen molar-refractivity contribution in [2.24, 2.45) is 0 Å². The molecule has 0 saturated carbocycles. The molecular formula is C106H90BBrCl2N4O2P4Pd. The van der Waals surface area contributed by atoms with Crippen LogP contribution in [-0.2, 0) is 29.7 Å². The summed E-state index contributed by atoms with van der Waals surface area (Å²) in [5.74, 6) is 0. The van der Waals surface area contributed by atoms with Crippen LogP contribution in [0, 0.1) is 0 Å². The molecule has 0 unspecified atom stereocenters. The maximum Gasteiger partial charge on any atom is 0.498 e. The van der Waals surface area contributed by atoms with E-state index in [2.05, 4.69) is 412 Å². The van der Waals surface area contributed by atoms with E-state index in [1.807, 2.05) is 100 Å². The number of rotatable bonds is 14. The van der Waals surface area contributed by atoms with Gasteiger partial charge in [0, 0.05) is 71.5 Å². The summed E-state index contributed by atoms with van der Waals surface area (Å²) in [5.41, 5.74) is 4.10. The molecule has 1 saturated heterocycles. The number of nitrogens with zero attached hydrogens (tertiary/aromatic N) is 4. The molecule has 19 rings (SSSR count). The zero-order chi connectivity index (χ0) is 83.0. The quantitative estimate of drug-likeness (QED) is 0.0614. The smallest absolute Gasteiger partial charge is 0.399 e. The number of benzene rings is 14. The summed E-state index contributed by atoms with van der Waals surface area (Å²) in [6.07, 6.45) is 6.93. The molecule has 4 aromatic heterocycles. The van der Waals surface area contributed by atoms with Crippen LogP contribution in [0.15, 0.2) is 478 Å². The monoisotopic (exact) mass is 1840 g/mol. The third kappa shape index (κ3) is 25.6. The molecule has 0 atom stereocenters. The predicted molar refractivity (Wildman–Crippen MR) is 525 cm³/mol. The Kier molecular flexibility index (Phi) is 34.6. The number of aromatic nitrogens is 4. The minimum absolute atomic E-state index is 0. The van der Waals surface area contributed by atoms with Gasteiger partial charge >= 0.3 is 7.12 Å². The van der Waals surface area contributed by atoms with Crippen molar-refractivity contribution >= 4 is 169 Å². The van der Waals surface area contributed by atoms with Gasteiger partial charge in [-0.3, -0.25) is 9.97 Å². The second kappa shape index (κ2) is 46.6. The Hall–Kier alpha value is -10.4. The molecule has 18 aromatic rings. The van der Waals surface area contributed by atoms with Crippen molar-refractivity contribution in [2.75, 3.05) is 0 Å². The minimum atomic E-state index is -0.446. The van der Waals surface area contributed by atoms with Gasteiger partial charge in [-0.2, -0.15) is 0 Å². The van der Waals surface area contributed by atoms with Crippen molar-refractivity contribution in [3.63, 3.8) is 0 Å². The molecule has 0 amide bonds. The molecule has 14 aromatic carbocycles. The van der Waals surface area contributed by atoms with Crippen LogP contribution < -0.4 is 69.1 Å². The fourth-order valence-electron chi connectivity index (χ4n) is 13.1. The summed E-state index contributed by atoms with van der Waals surface area (Å²) < 4.78 is 12.9. The molecule has 1 fully saturated rings. The average Bonchev–Trinajstić information content (AvgIpc) is 1.61. The number of fused-ring (bicyclic) bond motifs is 2. The Morgan fingerprint density at radius 2 is 0.488 bits per heavy atom. The van der Waals surface area contributed by atoms with Crippen LogP contribution in [0.1, 0.15) is 27.7 Å². The van der Waals surface area contributed by atoms with Crippen LogP contribution in [0.5, 0.6) is 0 Å². The number of hydrogen-bond donors (Lipinski definition) is 0. The van der Waals surface area contributed by atoms with Gasteiger partial charge in [0.25, 0.3) is 0 Å². The Morgan fingerprint density at radius 1 is 0.256 bits per heavy atom. The second-order valence-corrected chi connectivity index (χ2v) is 38.9. The molecule has 0 spiro atoms. The van der Waals surface area contributed by atoms with Crippen LogP contribution in [-0.4, -0.2) is 38.3 Å². The molecule has 600 valence electrons. The van der Waals surface area contributed by atoms with Gasteiger partial charge in [-0.25, -0.2) is 9.97 Å². The first-order valence-corrected chi connectivity index (χ1v) is 46.5. The van der Waals surface area contributed by atoms with Crippen LogP contribution in [0.25, 0.3) is 32.9 Å². The van der Waals surface area contributed by atoms with E-state index < -0.39 is 38.8 Å². The number of halogens is 3. The first kappa shape index (κ1) is 89.9. The Morgan fingerprint density at radius 3 is 0.752 bits per heavy atom. The van der Waals surface area contributed by atoms with Gasteiger partial charge in [-0.15, -0.1) is 0 Å². The van der Waals surface area contributed by atoms with Crippen molar-refractivity contribution in [1.82, 2.24) is 19.9 Å². The maximum atomic E-state index is 6.08. The number of pyridine rings is 4. The SMILES string of the molecule is Brc1ccc2ncccc2c1.CC1(C)OB(c2cccnc2Cl)OC1(C)C.Clc1ncccc1-c1ccc2ncccc2c1.[Pd].c1ccc(P(c2ccccc2)c2ccccc2)cc1.c1ccc(P(c2ccccc2)c2ccccc2)cc1.c1ccc(P(c2ccccc2)c2ccccc2)cc1.c1ccc(P(c2ccccc2)c2ccccc2)cc1. The Balaban J connectivity index is 0.000000130. The summed E-state index contributed by atoms with van der Waals surface area (Å²) in [6.45, 7) is 8.04. The number of hydrogen-bond acceptors (Lipinski definition) is 6. The van der Waals surface area contributed by atoms with Crippen LogP contribution >= 0.6 is 70.8 Å². The van der Waals surface area contributed by atoms with Crippen LogP contribution in [0.2, 0.25) is 10.3 Å². The largest absolute Gasteiger partial charge is 0.498 e. The molecule has 0 bridgehead atoms. The van der Waals surface area contributed by atoms with Crippen molar-refractivity contribution < 1.29 is 29.7 Å². The van der Waals surface area contributed by atoms with Gasteiger partial charge in [-0.05, 0) is 189 Å². The Bertz CT molecular complexity index is 5200. The summed E-state index contributed by atoms with van der Waals surface area (Å²) >= 11 is 15.5. The summed E-state index contributed by atoms with van der Waals surface area (Å²) in [7, 11) is -2.22. The minimum Gasteiger partial charge on any atom is -0.399 e. The first-order chi connectivity index (χ1) is 58.8. The van der Waals surface area contributed by atoms with Crippen LogP contribution in [0.3, 0.4) is 0 Å². The average molecular weight is 1840 g/mol. The van der Waals surface area contributed by atoms with E-state index in [-0.39, 0.29) is 31.6 Å². The van der Waals surface area contributed by atoms with Gasteiger partial charge in [0.1, 0.15) is 10.3 Å². The van der Waals surface area contributed by atoms with Gasteiger partial charge in [0.05, 0.1) is 22.2 Å². The van der Waals surface area contributed by atoms with E-state index in [1.54, 1.807) is 24.8 Å². The topological polar surface area (TPSA) is 70.0 Å². The van der Waals surface area contributed by atoms with Gasteiger partial charge < -0.3 is 9.31 Å². The van der Waals surface area contributed by atoms with Crippen molar-refractivity contribution in [3.8, 4) is 11.1 Å². The maximum absolute atomic E-state index is 6.08. The Labute approximate surface area is 750 Å². The third-order valence-electron chi connectivity index (χ3n) is 19.7.